The van der Waals surface area contributed by atoms with E-state index < -0.39 is 5.97 Å². The second kappa shape index (κ2) is 6.92. The van der Waals surface area contributed by atoms with E-state index in [1.54, 1.807) is 6.08 Å². The predicted molar refractivity (Wildman–Crippen MR) is 59.5 cm³/mol. The molecule has 0 aliphatic carbocycles. The third-order valence-corrected chi connectivity index (χ3v) is 1.44. The molecule has 3 heteroatoms. The molecule has 0 radical (unpaired) electrons. The monoisotopic (exact) mass is 210 g/mol. The first-order valence-electron chi connectivity index (χ1n) is 3.92. The fourth-order valence-electron chi connectivity index (χ4n) is 0.869. The standard InChI is InChI=1S/C11H10O2.ClH/c12-11(13)9-5-4-8-10-6-2-1-3-7-10;/h1-9H,(H,12,13);1H. The van der Waals surface area contributed by atoms with Crippen molar-refractivity contribution < 1.29 is 9.90 Å². The lowest BCUT2D eigenvalue weighted by Crippen LogP contribution is -1.84. The molecule has 0 unspecified atom stereocenters. The first-order chi connectivity index (χ1) is 6.29. The number of carboxylic acids is 1. The quantitative estimate of drug-likeness (QED) is 0.615. The average molecular weight is 211 g/mol. The molecule has 0 atom stereocenters. The highest BCUT2D eigenvalue weighted by molar-refractivity contribution is 5.85. The van der Waals surface area contributed by atoms with E-state index in [9.17, 15) is 4.79 Å². The number of hydrogen-bond acceptors (Lipinski definition) is 1. The fraction of sp³-hybridized carbons (Fsp3) is 0. The van der Waals surface area contributed by atoms with Crippen LogP contribution in [-0.2, 0) is 4.79 Å². The highest BCUT2D eigenvalue weighted by Crippen LogP contribution is 2.00. The van der Waals surface area contributed by atoms with Gasteiger partial charge >= 0.3 is 5.97 Å². The molecule has 0 aliphatic heterocycles. The minimum absolute atomic E-state index is 0. The normalized spacial score (nSPS) is 10.3. The van der Waals surface area contributed by atoms with E-state index >= 15 is 0 Å². The van der Waals surface area contributed by atoms with E-state index in [0.717, 1.165) is 11.6 Å². The summed E-state index contributed by atoms with van der Waals surface area (Å²) in [6.45, 7) is 0. The molecule has 0 aliphatic rings. The van der Waals surface area contributed by atoms with E-state index in [1.165, 1.54) is 6.08 Å². The molecule has 74 valence electrons. The van der Waals surface area contributed by atoms with Crippen molar-refractivity contribution in [3.63, 3.8) is 0 Å². The number of hydrogen-bond donors (Lipinski definition) is 1. The van der Waals surface area contributed by atoms with Crippen LogP contribution in [0.2, 0.25) is 0 Å². The molecule has 0 amide bonds. The highest BCUT2D eigenvalue weighted by atomic mass is 35.5. The Morgan fingerprint density at radius 2 is 1.79 bits per heavy atom. The number of halogens is 1. The van der Waals surface area contributed by atoms with Crippen LogP contribution in [0.1, 0.15) is 5.56 Å². The Kier molecular flexibility index (Phi) is 6.16. The molecule has 0 saturated heterocycles. The van der Waals surface area contributed by atoms with Gasteiger partial charge < -0.3 is 5.11 Å². The van der Waals surface area contributed by atoms with Gasteiger partial charge in [-0.25, -0.2) is 4.79 Å². The van der Waals surface area contributed by atoms with Gasteiger partial charge in [-0.2, -0.15) is 0 Å². The molecule has 1 N–H and O–H groups in total. The van der Waals surface area contributed by atoms with Crippen LogP contribution >= 0.6 is 12.4 Å². The molecule has 1 aromatic rings. The van der Waals surface area contributed by atoms with Crippen molar-refractivity contribution in [2.45, 2.75) is 0 Å². The van der Waals surface area contributed by atoms with Gasteiger partial charge in [0.1, 0.15) is 0 Å². The Morgan fingerprint density at radius 3 is 2.36 bits per heavy atom. The molecule has 0 spiro atoms. The van der Waals surface area contributed by atoms with Crippen molar-refractivity contribution in [2.24, 2.45) is 0 Å². The Morgan fingerprint density at radius 1 is 1.14 bits per heavy atom. The summed E-state index contributed by atoms with van der Waals surface area (Å²) in [7, 11) is 0. The molecule has 0 bridgehead atoms. The summed E-state index contributed by atoms with van der Waals surface area (Å²) in [6.07, 6.45) is 6.14. The number of rotatable bonds is 3. The van der Waals surface area contributed by atoms with Crippen molar-refractivity contribution >= 4 is 24.5 Å². The maximum Gasteiger partial charge on any atom is 0.328 e. The Bertz CT molecular complexity index is 328. The van der Waals surface area contributed by atoms with Gasteiger partial charge in [-0.05, 0) is 5.56 Å². The topological polar surface area (TPSA) is 37.3 Å². The lowest BCUT2D eigenvalue weighted by molar-refractivity contribution is -0.131. The second-order valence-corrected chi connectivity index (χ2v) is 2.47. The Hall–Kier alpha value is -1.54. The van der Waals surface area contributed by atoms with Crippen molar-refractivity contribution in [1.82, 2.24) is 0 Å². The Labute approximate surface area is 89.0 Å². The van der Waals surface area contributed by atoms with Gasteiger partial charge in [0, 0.05) is 6.08 Å². The van der Waals surface area contributed by atoms with E-state index in [4.69, 9.17) is 5.11 Å². The summed E-state index contributed by atoms with van der Waals surface area (Å²) in [4.78, 5) is 10.1. The zero-order valence-corrected chi connectivity index (χ0v) is 8.28. The van der Waals surface area contributed by atoms with E-state index in [-0.39, 0.29) is 12.4 Å². The van der Waals surface area contributed by atoms with Crippen LogP contribution < -0.4 is 0 Å². The van der Waals surface area contributed by atoms with Crippen molar-refractivity contribution in [1.29, 1.82) is 0 Å². The van der Waals surface area contributed by atoms with Gasteiger partial charge in [-0.3, -0.25) is 0 Å². The predicted octanol–water partition coefficient (Wildman–Crippen LogP) is 2.76. The molecule has 1 rings (SSSR count). The first kappa shape index (κ1) is 12.5. The maximum absolute atomic E-state index is 10.1. The van der Waals surface area contributed by atoms with Gasteiger partial charge in [-0.1, -0.05) is 48.6 Å². The van der Waals surface area contributed by atoms with Crippen LogP contribution in [0.4, 0.5) is 0 Å². The van der Waals surface area contributed by atoms with Crippen molar-refractivity contribution in [3.8, 4) is 0 Å². The SMILES string of the molecule is Cl.O=C(O)C=CC=Cc1ccccc1. The number of carbonyl (C=O) groups is 1. The lowest BCUT2D eigenvalue weighted by atomic mass is 10.2. The lowest BCUT2D eigenvalue weighted by Gasteiger charge is -1.87. The minimum atomic E-state index is -0.933. The molecule has 1 aromatic carbocycles. The number of benzene rings is 1. The molecule has 0 fully saturated rings. The van der Waals surface area contributed by atoms with Crippen LogP contribution in [0.3, 0.4) is 0 Å². The molecule has 0 heterocycles. The molecule has 0 saturated carbocycles. The minimum Gasteiger partial charge on any atom is -0.478 e. The zero-order valence-electron chi connectivity index (χ0n) is 7.46. The number of carboxylic acid groups (broad SMARTS) is 1. The zero-order chi connectivity index (χ0) is 9.52. The van der Waals surface area contributed by atoms with E-state index in [1.807, 2.05) is 36.4 Å². The van der Waals surface area contributed by atoms with E-state index in [0.29, 0.717) is 0 Å². The van der Waals surface area contributed by atoms with Gasteiger partial charge in [0.2, 0.25) is 0 Å². The van der Waals surface area contributed by atoms with Gasteiger partial charge in [0.25, 0.3) is 0 Å². The van der Waals surface area contributed by atoms with Crippen LogP contribution in [-0.4, -0.2) is 11.1 Å². The van der Waals surface area contributed by atoms with Gasteiger partial charge in [0.05, 0.1) is 0 Å². The van der Waals surface area contributed by atoms with Crippen LogP contribution in [0.25, 0.3) is 6.08 Å². The summed E-state index contributed by atoms with van der Waals surface area (Å²) >= 11 is 0. The third-order valence-electron chi connectivity index (χ3n) is 1.44. The third kappa shape index (κ3) is 5.17. The van der Waals surface area contributed by atoms with Crippen LogP contribution in [0.5, 0.6) is 0 Å². The Balaban J connectivity index is 0.00000169. The summed E-state index contributed by atoms with van der Waals surface area (Å²) in [5, 5.41) is 8.29. The van der Waals surface area contributed by atoms with Crippen LogP contribution in [0.15, 0.2) is 48.6 Å². The van der Waals surface area contributed by atoms with Gasteiger partial charge in [0.15, 0.2) is 0 Å². The number of aliphatic carboxylic acids is 1. The molecular formula is C11H11ClO2. The summed E-state index contributed by atoms with van der Waals surface area (Å²) < 4.78 is 0. The van der Waals surface area contributed by atoms with Gasteiger partial charge in [-0.15, -0.1) is 12.4 Å². The molecule has 14 heavy (non-hydrogen) atoms. The maximum atomic E-state index is 10.1. The highest BCUT2D eigenvalue weighted by Gasteiger charge is 1.82. The molecular weight excluding hydrogens is 200 g/mol. The molecule has 2 nitrogen and oxygen atoms in total. The first-order valence-corrected chi connectivity index (χ1v) is 3.92. The smallest absolute Gasteiger partial charge is 0.328 e. The largest absolute Gasteiger partial charge is 0.478 e. The van der Waals surface area contributed by atoms with Crippen LogP contribution in [0, 0.1) is 0 Å². The second-order valence-electron chi connectivity index (χ2n) is 2.47. The summed E-state index contributed by atoms with van der Waals surface area (Å²) in [5.74, 6) is -0.933. The summed E-state index contributed by atoms with van der Waals surface area (Å²) in [6, 6.07) is 9.70. The number of allylic oxidation sites excluding steroid dienone is 2. The molecule has 0 aromatic heterocycles. The fourth-order valence-corrected chi connectivity index (χ4v) is 0.869. The summed E-state index contributed by atoms with van der Waals surface area (Å²) in [5.41, 5.74) is 1.05. The van der Waals surface area contributed by atoms with Crippen molar-refractivity contribution in [3.05, 3.63) is 54.1 Å². The average Bonchev–Trinajstić information content (AvgIpc) is 2.14. The van der Waals surface area contributed by atoms with E-state index in [2.05, 4.69) is 0 Å². The van der Waals surface area contributed by atoms with Crippen molar-refractivity contribution in [2.75, 3.05) is 0 Å².